The summed E-state index contributed by atoms with van der Waals surface area (Å²) in [6, 6.07) is 13.2. The second-order valence-corrected chi connectivity index (χ2v) is 8.26. The summed E-state index contributed by atoms with van der Waals surface area (Å²) in [5.74, 6) is -0.342. The second kappa shape index (κ2) is 9.74. The lowest BCUT2D eigenvalue weighted by atomic mass is 9.78. The number of carbonyl (C=O) groups excluding carboxylic acids is 3. The normalized spacial score (nSPS) is 22.2. The van der Waals surface area contributed by atoms with Crippen LogP contribution in [0.1, 0.15) is 50.4 Å². The average molecular weight is 411 g/mol. The van der Waals surface area contributed by atoms with Gasteiger partial charge in [-0.1, -0.05) is 57.0 Å². The number of benzene rings is 2. The molecule has 2 aromatic rings. The molecule has 0 spiro atoms. The molecular formula is C24H30N2O4. The number of hydrogen-bond acceptors (Lipinski definition) is 4. The standard InChI is InChI=1S/C24H30N2O4/c1-15-7-6-10-21(16(15)2)26-23(28)17(3)30-22(27)14-25-24(29)20-12-11-18-8-4-5-9-19(18)13-20/h4-5,8-9,11-13,15-17,21H,6-7,10,14H2,1-3H3,(H,25,29)(H,26,28)/t15-,16+,17+,21+/m0/s1. The van der Waals surface area contributed by atoms with Crippen LogP contribution in [0.4, 0.5) is 0 Å². The molecule has 2 N–H and O–H groups in total. The molecule has 1 fully saturated rings. The maximum atomic E-state index is 12.4. The minimum atomic E-state index is -0.903. The van der Waals surface area contributed by atoms with Crippen LogP contribution >= 0.6 is 0 Å². The maximum absolute atomic E-state index is 12.4. The molecule has 2 aromatic carbocycles. The lowest BCUT2D eigenvalue weighted by Gasteiger charge is -2.35. The van der Waals surface area contributed by atoms with Gasteiger partial charge in [-0.3, -0.25) is 14.4 Å². The molecule has 0 heterocycles. The highest BCUT2D eigenvalue weighted by molar-refractivity contribution is 5.99. The third kappa shape index (κ3) is 5.38. The maximum Gasteiger partial charge on any atom is 0.326 e. The average Bonchev–Trinajstić information content (AvgIpc) is 2.74. The first-order valence-corrected chi connectivity index (χ1v) is 10.6. The van der Waals surface area contributed by atoms with E-state index in [1.54, 1.807) is 19.1 Å². The predicted molar refractivity (Wildman–Crippen MR) is 116 cm³/mol. The highest BCUT2D eigenvalue weighted by Gasteiger charge is 2.30. The van der Waals surface area contributed by atoms with Crippen molar-refractivity contribution >= 4 is 28.6 Å². The van der Waals surface area contributed by atoms with Crippen molar-refractivity contribution in [1.29, 1.82) is 0 Å². The van der Waals surface area contributed by atoms with E-state index >= 15 is 0 Å². The Balaban J connectivity index is 1.47. The van der Waals surface area contributed by atoms with Gasteiger partial charge in [0.15, 0.2) is 6.10 Å². The first-order valence-electron chi connectivity index (χ1n) is 10.6. The van der Waals surface area contributed by atoms with Crippen LogP contribution in [-0.2, 0) is 14.3 Å². The number of amides is 2. The first kappa shape index (κ1) is 21.8. The second-order valence-electron chi connectivity index (χ2n) is 8.26. The molecule has 0 radical (unpaired) electrons. The van der Waals surface area contributed by atoms with Crippen molar-refractivity contribution in [3.05, 3.63) is 48.0 Å². The number of fused-ring (bicyclic) bond motifs is 1. The van der Waals surface area contributed by atoms with Gasteiger partial charge in [-0.15, -0.1) is 0 Å². The number of esters is 1. The monoisotopic (exact) mass is 410 g/mol. The van der Waals surface area contributed by atoms with E-state index in [9.17, 15) is 14.4 Å². The Morgan fingerprint density at radius 2 is 1.80 bits per heavy atom. The van der Waals surface area contributed by atoms with Gasteiger partial charge in [0.25, 0.3) is 11.8 Å². The van der Waals surface area contributed by atoms with Crippen LogP contribution in [0.3, 0.4) is 0 Å². The molecule has 0 aliphatic heterocycles. The Kier molecular flexibility index (Phi) is 7.08. The van der Waals surface area contributed by atoms with Crippen molar-refractivity contribution in [2.24, 2.45) is 11.8 Å². The summed E-state index contributed by atoms with van der Waals surface area (Å²) in [6.45, 7) is 5.61. The van der Waals surface area contributed by atoms with Gasteiger partial charge in [-0.2, -0.15) is 0 Å². The van der Waals surface area contributed by atoms with Crippen molar-refractivity contribution < 1.29 is 19.1 Å². The van der Waals surface area contributed by atoms with Gasteiger partial charge >= 0.3 is 5.97 Å². The molecular weight excluding hydrogens is 380 g/mol. The highest BCUT2D eigenvalue weighted by atomic mass is 16.5. The molecule has 2 amide bonds. The number of ether oxygens (including phenoxy) is 1. The fourth-order valence-electron chi connectivity index (χ4n) is 3.96. The molecule has 0 bridgehead atoms. The fourth-order valence-corrected chi connectivity index (χ4v) is 3.96. The Morgan fingerprint density at radius 3 is 2.57 bits per heavy atom. The van der Waals surface area contributed by atoms with Crippen LogP contribution in [-0.4, -0.2) is 36.5 Å². The van der Waals surface area contributed by atoms with E-state index in [4.69, 9.17) is 4.74 Å². The van der Waals surface area contributed by atoms with Crippen LogP contribution in [0.5, 0.6) is 0 Å². The van der Waals surface area contributed by atoms with Crippen LogP contribution in [0.25, 0.3) is 10.8 Å². The summed E-state index contributed by atoms with van der Waals surface area (Å²) in [5, 5.41) is 7.55. The van der Waals surface area contributed by atoms with Gasteiger partial charge in [0.2, 0.25) is 0 Å². The molecule has 1 saturated carbocycles. The van der Waals surface area contributed by atoms with E-state index < -0.39 is 12.1 Å². The van der Waals surface area contributed by atoms with Crippen LogP contribution in [0.2, 0.25) is 0 Å². The van der Waals surface area contributed by atoms with E-state index in [1.165, 1.54) is 6.42 Å². The number of hydrogen-bond donors (Lipinski definition) is 2. The summed E-state index contributed by atoms with van der Waals surface area (Å²) in [5.41, 5.74) is 0.465. The SMILES string of the molecule is C[C@@H]1[C@@H](C)CCC[C@H]1NC(=O)[C@@H](C)OC(=O)CNC(=O)c1ccc2ccccc2c1. The summed E-state index contributed by atoms with van der Waals surface area (Å²) >= 11 is 0. The molecule has 0 saturated heterocycles. The Bertz CT molecular complexity index is 926. The molecule has 6 nitrogen and oxygen atoms in total. The lowest BCUT2D eigenvalue weighted by Crippen LogP contribution is -2.48. The lowest BCUT2D eigenvalue weighted by molar-refractivity contribution is -0.154. The number of nitrogens with one attached hydrogen (secondary N) is 2. The third-order valence-corrected chi connectivity index (χ3v) is 6.12. The molecule has 1 aliphatic carbocycles. The van der Waals surface area contributed by atoms with E-state index in [1.807, 2.05) is 30.3 Å². The minimum absolute atomic E-state index is 0.106. The molecule has 0 unspecified atom stereocenters. The predicted octanol–water partition coefficient (Wildman–Crippen LogP) is 3.44. The Labute approximate surface area is 177 Å². The summed E-state index contributed by atoms with van der Waals surface area (Å²) in [7, 11) is 0. The molecule has 160 valence electrons. The highest BCUT2D eigenvalue weighted by Crippen LogP contribution is 2.29. The van der Waals surface area contributed by atoms with Gasteiger partial charge in [0.05, 0.1) is 0 Å². The van der Waals surface area contributed by atoms with E-state index in [2.05, 4.69) is 24.5 Å². The Hall–Kier alpha value is -2.89. The summed E-state index contributed by atoms with van der Waals surface area (Å²) in [4.78, 5) is 36.8. The zero-order valence-corrected chi connectivity index (χ0v) is 17.8. The summed E-state index contributed by atoms with van der Waals surface area (Å²) in [6.07, 6.45) is 2.31. The molecule has 3 rings (SSSR count). The van der Waals surface area contributed by atoms with E-state index in [0.717, 1.165) is 23.6 Å². The quantitative estimate of drug-likeness (QED) is 0.715. The zero-order chi connectivity index (χ0) is 21.7. The van der Waals surface area contributed by atoms with Crippen molar-refractivity contribution in [3.63, 3.8) is 0 Å². The van der Waals surface area contributed by atoms with Crippen LogP contribution in [0.15, 0.2) is 42.5 Å². The zero-order valence-electron chi connectivity index (χ0n) is 17.8. The minimum Gasteiger partial charge on any atom is -0.451 e. The first-order chi connectivity index (χ1) is 14.3. The fraction of sp³-hybridized carbons (Fsp3) is 0.458. The van der Waals surface area contributed by atoms with Gasteiger partial charge in [-0.05, 0) is 48.1 Å². The summed E-state index contributed by atoms with van der Waals surface area (Å²) < 4.78 is 5.21. The number of rotatable bonds is 6. The molecule has 1 aliphatic rings. The Morgan fingerprint density at radius 1 is 1.07 bits per heavy atom. The van der Waals surface area contributed by atoms with Gasteiger partial charge < -0.3 is 15.4 Å². The van der Waals surface area contributed by atoms with E-state index in [0.29, 0.717) is 17.4 Å². The van der Waals surface area contributed by atoms with Crippen molar-refractivity contribution in [2.75, 3.05) is 6.54 Å². The van der Waals surface area contributed by atoms with Crippen molar-refractivity contribution in [3.8, 4) is 0 Å². The molecule has 30 heavy (non-hydrogen) atoms. The van der Waals surface area contributed by atoms with E-state index in [-0.39, 0.29) is 24.4 Å². The molecule has 6 heteroatoms. The smallest absolute Gasteiger partial charge is 0.326 e. The van der Waals surface area contributed by atoms with Gasteiger partial charge in [0, 0.05) is 11.6 Å². The molecule has 0 aromatic heterocycles. The third-order valence-electron chi connectivity index (χ3n) is 6.12. The van der Waals surface area contributed by atoms with Crippen molar-refractivity contribution in [2.45, 2.75) is 52.2 Å². The van der Waals surface area contributed by atoms with Crippen molar-refractivity contribution in [1.82, 2.24) is 10.6 Å². The van der Waals surface area contributed by atoms with Crippen LogP contribution < -0.4 is 10.6 Å². The number of carbonyl (C=O) groups is 3. The van der Waals surface area contributed by atoms with Gasteiger partial charge in [0.1, 0.15) is 6.54 Å². The molecule has 4 atom stereocenters. The largest absolute Gasteiger partial charge is 0.451 e. The van der Waals surface area contributed by atoms with Gasteiger partial charge in [-0.25, -0.2) is 0 Å². The van der Waals surface area contributed by atoms with Crippen LogP contribution in [0, 0.1) is 11.8 Å². The topological polar surface area (TPSA) is 84.5 Å².